The Bertz CT molecular complexity index is 1200. The van der Waals surface area contributed by atoms with Gasteiger partial charge in [-0.15, -0.1) is 0 Å². The van der Waals surface area contributed by atoms with E-state index in [-0.39, 0.29) is 18.7 Å². The van der Waals surface area contributed by atoms with Crippen LogP contribution in [-0.2, 0) is 13.1 Å². The van der Waals surface area contributed by atoms with Crippen LogP contribution >= 0.6 is 0 Å². The van der Waals surface area contributed by atoms with E-state index in [2.05, 4.69) is 10.2 Å². The molecule has 0 spiro atoms. The number of carbonyl (C=O) groups is 1. The van der Waals surface area contributed by atoms with E-state index in [0.717, 1.165) is 17.5 Å². The summed E-state index contributed by atoms with van der Waals surface area (Å²) in [5, 5.41) is 17.5. The number of hydrogen-bond donors (Lipinski definition) is 1. The third-order valence-electron chi connectivity index (χ3n) is 5.08. The van der Waals surface area contributed by atoms with Crippen molar-refractivity contribution in [2.24, 2.45) is 0 Å². The van der Waals surface area contributed by atoms with Crippen LogP contribution < -0.4 is 0 Å². The van der Waals surface area contributed by atoms with Crippen LogP contribution in [0, 0.1) is 13.8 Å². The Balaban J connectivity index is 0.000000246. The third-order valence-corrected chi connectivity index (χ3v) is 5.08. The second-order valence-corrected chi connectivity index (χ2v) is 7.77. The number of rotatable bonds is 6. The summed E-state index contributed by atoms with van der Waals surface area (Å²) in [4.78, 5) is 10.6. The van der Waals surface area contributed by atoms with E-state index in [0.29, 0.717) is 18.7 Å². The molecule has 6 nitrogen and oxygen atoms in total. The molecule has 0 amide bonds. The van der Waals surface area contributed by atoms with Gasteiger partial charge in [-0.3, -0.25) is 14.2 Å². The van der Waals surface area contributed by atoms with Crippen LogP contribution in [0.5, 0.6) is 0 Å². The van der Waals surface area contributed by atoms with E-state index in [1.807, 2.05) is 67.6 Å². The van der Waals surface area contributed by atoms with Crippen LogP contribution in [0.2, 0.25) is 0 Å². The van der Waals surface area contributed by atoms with Gasteiger partial charge in [0.05, 0.1) is 30.0 Å². The number of aliphatic hydroxyl groups is 1. The number of hydrogen-bond acceptors (Lipinski definition) is 4. The standard InChI is InChI=1S/C13H13F3N2O.C12H12N2O.CH4/c1-9-11(12(19)13(14,15)16)8-18(17-9)7-10-5-3-2-4-6-10;1-10-12(9-15)8-14(13-10)7-11-5-3-2-4-6-11;/h2-6,8,12,19H,7H2,1H3;2-6,8-9H,7H2,1H3;1H4. The molecule has 186 valence electrons. The monoisotopic (exact) mass is 486 g/mol. The minimum Gasteiger partial charge on any atom is -0.379 e. The molecular weight excluding hydrogens is 457 g/mol. The number of carbonyl (C=O) groups excluding carboxylic acids is 1. The lowest BCUT2D eigenvalue weighted by Gasteiger charge is -2.13. The quantitative estimate of drug-likeness (QED) is 0.364. The number of aliphatic hydroxyl groups excluding tert-OH is 1. The van der Waals surface area contributed by atoms with Crippen LogP contribution in [0.25, 0.3) is 0 Å². The SMILES string of the molecule is C.Cc1nn(Cc2ccccc2)cc1C(O)C(F)(F)F.Cc1nn(Cc2ccccc2)cc1C=O. The highest BCUT2D eigenvalue weighted by molar-refractivity contribution is 5.75. The van der Waals surface area contributed by atoms with Crippen molar-refractivity contribution in [3.63, 3.8) is 0 Å². The van der Waals surface area contributed by atoms with Gasteiger partial charge in [0.1, 0.15) is 0 Å². The number of aryl methyl sites for hydroxylation is 2. The molecule has 2 aromatic heterocycles. The minimum atomic E-state index is -4.68. The van der Waals surface area contributed by atoms with Crippen molar-refractivity contribution in [2.75, 3.05) is 0 Å². The summed E-state index contributed by atoms with van der Waals surface area (Å²) in [5.41, 5.74) is 3.52. The number of aldehydes is 1. The summed E-state index contributed by atoms with van der Waals surface area (Å²) in [6.45, 7) is 4.36. The molecule has 9 heteroatoms. The van der Waals surface area contributed by atoms with Gasteiger partial charge in [0.15, 0.2) is 12.4 Å². The Morgan fingerprint density at radius 2 is 1.31 bits per heavy atom. The van der Waals surface area contributed by atoms with Crippen LogP contribution in [0.15, 0.2) is 73.1 Å². The Morgan fingerprint density at radius 3 is 1.74 bits per heavy atom. The average Bonchev–Trinajstić information content (AvgIpc) is 3.35. The molecule has 1 atom stereocenters. The molecule has 1 N–H and O–H groups in total. The Morgan fingerprint density at radius 1 is 0.857 bits per heavy atom. The molecule has 1 unspecified atom stereocenters. The van der Waals surface area contributed by atoms with E-state index >= 15 is 0 Å². The molecule has 35 heavy (non-hydrogen) atoms. The smallest absolute Gasteiger partial charge is 0.379 e. The molecule has 4 rings (SSSR count). The molecule has 0 saturated heterocycles. The number of benzene rings is 2. The van der Waals surface area contributed by atoms with Crippen molar-refractivity contribution in [3.05, 3.63) is 107 Å². The lowest BCUT2D eigenvalue weighted by atomic mass is 10.1. The molecule has 2 aromatic carbocycles. The van der Waals surface area contributed by atoms with Crippen molar-refractivity contribution in [2.45, 2.75) is 46.6 Å². The van der Waals surface area contributed by atoms with Gasteiger partial charge in [0.25, 0.3) is 0 Å². The topological polar surface area (TPSA) is 72.9 Å². The highest BCUT2D eigenvalue weighted by Gasteiger charge is 2.41. The fourth-order valence-electron chi connectivity index (χ4n) is 3.33. The molecule has 0 bridgehead atoms. The highest BCUT2D eigenvalue weighted by atomic mass is 19.4. The molecule has 0 aliphatic carbocycles. The summed E-state index contributed by atoms with van der Waals surface area (Å²) in [6.07, 6.45) is -3.32. The summed E-state index contributed by atoms with van der Waals surface area (Å²) >= 11 is 0. The zero-order chi connectivity index (χ0) is 24.7. The van der Waals surface area contributed by atoms with Gasteiger partial charge in [0, 0.05) is 18.0 Å². The Hall–Kier alpha value is -3.72. The van der Waals surface area contributed by atoms with Gasteiger partial charge in [-0.1, -0.05) is 68.1 Å². The highest BCUT2D eigenvalue weighted by Crippen LogP contribution is 2.33. The van der Waals surface area contributed by atoms with Crippen molar-refractivity contribution < 1.29 is 23.1 Å². The van der Waals surface area contributed by atoms with Gasteiger partial charge in [-0.25, -0.2) is 0 Å². The molecule has 4 aromatic rings. The Kier molecular flexibility index (Phi) is 9.53. The first-order valence-corrected chi connectivity index (χ1v) is 10.5. The number of halogens is 3. The van der Waals surface area contributed by atoms with Gasteiger partial charge in [0.2, 0.25) is 0 Å². The second kappa shape index (κ2) is 12.1. The molecule has 0 fully saturated rings. The van der Waals surface area contributed by atoms with E-state index in [4.69, 9.17) is 0 Å². The second-order valence-electron chi connectivity index (χ2n) is 7.77. The maximum absolute atomic E-state index is 12.5. The summed E-state index contributed by atoms with van der Waals surface area (Å²) in [5.74, 6) is 0. The van der Waals surface area contributed by atoms with E-state index < -0.39 is 12.3 Å². The van der Waals surface area contributed by atoms with E-state index in [1.165, 1.54) is 23.4 Å². The van der Waals surface area contributed by atoms with Gasteiger partial charge < -0.3 is 5.11 Å². The molecule has 2 heterocycles. The summed E-state index contributed by atoms with van der Waals surface area (Å²) in [6, 6.07) is 19.3. The van der Waals surface area contributed by atoms with Gasteiger partial charge >= 0.3 is 6.18 Å². The maximum atomic E-state index is 12.5. The first kappa shape index (κ1) is 27.5. The van der Waals surface area contributed by atoms with Gasteiger partial charge in [-0.05, 0) is 25.0 Å². The zero-order valence-electron chi connectivity index (χ0n) is 18.8. The molecule has 0 saturated carbocycles. The molecular formula is C26H29F3N4O2. The lowest BCUT2D eigenvalue weighted by Crippen LogP contribution is -2.20. The number of nitrogens with zero attached hydrogens (tertiary/aromatic N) is 4. The van der Waals surface area contributed by atoms with Crippen molar-refractivity contribution in [1.82, 2.24) is 19.6 Å². The number of aromatic nitrogens is 4. The maximum Gasteiger partial charge on any atom is 0.418 e. The zero-order valence-corrected chi connectivity index (χ0v) is 18.8. The first-order chi connectivity index (χ1) is 16.2. The van der Waals surface area contributed by atoms with Crippen molar-refractivity contribution in [3.8, 4) is 0 Å². The molecule has 0 aliphatic heterocycles. The van der Waals surface area contributed by atoms with E-state index in [1.54, 1.807) is 10.9 Å². The van der Waals surface area contributed by atoms with Crippen LogP contribution in [0.4, 0.5) is 13.2 Å². The van der Waals surface area contributed by atoms with Crippen LogP contribution in [-0.4, -0.2) is 37.1 Å². The lowest BCUT2D eigenvalue weighted by molar-refractivity contribution is -0.207. The van der Waals surface area contributed by atoms with Crippen LogP contribution in [0.3, 0.4) is 0 Å². The van der Waals surface area contributed by atoms with Crippen molar-refractivity contribution >= 4 is 6.29 Å². The minimum absolute atomic E-state index is 0. The summed E-state index contributed by atoms with van der Waals surface area (Å²) < 4.78 is 40.6. The predicted octanol–water partition coefficient (Wildman–Crippen LogP) is 5.52. The first-order valence-electron chi connectivity index (χ1n) is 10.5. The third kappa shape index (κ3) is 7.65. The largest absolute Gasteiger partial charge is 0.418 e. The number of alkyl halides is 3. The van der Waals surface area contributed by atoms with Crippen LogP contribution in [0.1, 0.15) is 52.0 Å². The predicted molar refractivity (Wildman–Crippen MR) is 128 cm³/mol. The van der Waals surface area contributed by atoms with E-state index in [9.17, 15) is 23.1 Å². The average molecular weight is 487 g/mol. The van der Waals surface area contributed by atoms with Gasteiger partial charge in [-0.2, -0.15) is 23.4 Å². The molecule has 0 aliphatic rings. The fourth-order valence-corrected chi connectivity index (χ4v) is 3.33. The normalized spacial score (nSPS) is 11.7. The molecule has 0 radical (unpaired) electrons. The Labute approximate surface area is 202 Å². The van der Waals surface area contributed by atoms with Crippen molar-refractivity contribution in [1.29, 1.82) is 0 Å². The fraction of sp³-hybridized carbons (Fsp3) is 0.269. The summed E-state index contributed by atoms with van der Waals surface area (Å²) in [7, 11) is 0.